The van der Waals surface area contributed by atoms with Crippen LogP contribution in [0.25, 0.3) is 33.7 Å². The number of aryl methyl sites for hydroxylation is 1. The minimum absolute atomic E-state index is 0.240. The number of pyridine rings is 1. The number of rotatable bonds is 4. The Morgan fingerprint density at radius 1 is 1.11 bits per heavy atom. The second kappa shape index (κ2) is 9.05. The van der Waals surface area contributed by atoms with Gasteiger partial charge >= 0.3 is 0 Å². The normalized spacial score (nSPS) is 19.5. The van der Waals surface area contributed by atoms with Crippen LogP contribution >= 0.6 is 0 Å². The van der Waals surface area contributed by atoms with E-state index < -0.39 is 0 Å². The Kier molecular flexibility index (Phi) is 5.74. The molecule has 0 saturated carbocycles. The molecule has 182 valence electrons. The Labute approximate surface area is 204 Å². The lowest BCUT2D eigenvalue weighted by Gasteiger charge is -2.34. The maximum absolute atomic E-state index is 5.70. The smallest absolute Gasteiger partial charge is 0.162 e. The molecule has 0 radical (unpaired) electrons. The second-order valence-corrected chi connectivity index (χ2v) is 9.62. The third kappa shape index (κ3) is 3.98. The summed E-state index contributed by atoms with van der Waals surface area (Å²) < 4.78 is 7.93. The number of fused-ring (bicyclic) bond motifs is 1. The number of piperidine rings is 1. The Morgan fingerprint density at radius 3 is 2.80 bits per heavy atom. The van der Waals surface area contributed by atoms with Crippen molar-refractivity contribution in [2.45, 2.75) is 45.7 Å². The molecule has 0 aromatic carbocycles. The van der Waals surface area contributed by atoms with Crippen molar-refractivity contribution >= 4 is 16.9 Å². The van der Waals surface area contributed by atoms with Crippen molar-refractivity contribution in [3.63, 3.8) is 0 Å². The van der Waals surface area contributed by atoms with Crippen LogP contribution in [-0.4, -0.2) is 68.6 Å². The van der Waals surface area contributed by atoms with E-state index in [1.807, 2.05) is 24.5 Å². The molecule has 2 fully saturated rings. The summed E-state index contributed by atoms with van der Waals surface area (Å²) in [5.74, 6) is 1.63. The van der Waals surface area contributed by atoms with Gasteiger partial charge in [-0.25, -0.2) is 15.0 Å². The Bertz CT molecular complexity index is 1350. The van der Waals surface area contributed by atoms with E-state index in [-0.39, 0.29) is 6.04 Å². The lowest BCUT2D eigenvalue weighted by atomic mass is 10.1. The summed E-state index contributed by atoms with van der Waals surface area (Å²) in [5.41, 5.74) is 6.01. The van der Waals surface area contributed by atoms with Gasteiger partial charge < -0.3 is 19.9 Å². The van der Waals surface area contributed by atoms with Crippen LogP contribution in [0.1, 0.15) is 37.2 Å². The largest absolute Gasteiger partial charge is 0.377 e. The van der Waals surface area contributed by atoms with Crippen molar-refractivity contribution < 1.29 is 4.74 Å². The van der Waals surface area contributed by atoms with E-state index in [1.165, 1.54) is 5.69 Å². The molecule has 9 heteroatoms. The van der Waals surface area contributed by atoms with Crippen LogP contribution in [0.15, 0.2) is 30.6 Å². The molecule has 0 bridgehead atoms. The molecule has 1 atom stereocenters. The molecular weight excluding hydrogens is 440 g/mol. The number of aromatic amines is 1. The van der Waals surface area contributed by atoms with E-state index >= 15 is 0 Å². The van der Waals surface area contributed by atoms with E-state index in [2.05, 4.69) is 51.7 Å². The predicted octanol–water partition coefficient (Wildman–Crippen LogP) is 3.65. The third-order valence-corrected chi connectivity index (χ3v) is 7.31. The summed E-state index contributed by atoms with van der Waals surface area (Å²) in [6.07, 6.45) is 5.91. The molecule has 0 spiro atoms. The molecule has 9 nitrogen and oxygen atoms in total. The molecule has 6 heterocycles. The monoisotopic (exact) mass is 472 g/mol. The maximum Gasteiger partial charge on any atom is 0.162 e. The van der Waals surface area contributed by atoms with Gasteiger partial charge in [0.05, 0.1) is 36.7 Å². The van der Waals surface area contributed by atoms with Gasteiger partial charge in [-0.15, -0.1) is 0 Å². The van der Waals surface area contributed by atoms with Crippen LogP contribution in [0.4, 0.5) is 5.82 Å². The second-order valence-electron chi connectivity index (χ2n) is 9.62. The zero-order chi connectivity index (χ0) is 23.9. The number of ether oxygens (including phenoxy) is 1. The summed E-state index contributed by atoms with van der Waals surface area (Å²) >= 11 is 0. The molecule has 4 aromatic rings. The first-order valence-corrected chi connectivity index (χ1v) is 12.5. The highest BCUT2D eigenvalue weighted by atomic mass is 16.5. The van der Waals surface area contributed by atoms with Crippen LogP contribution in [0.3, 0.4) is 0 Å². The highest BCUT2D eigenvalue weighted by molar-refractivity contribution is 5.91. The fourth-order valence-electron chi connectivity index (χ4n) is 5.49. The fourth-order valence-corrected chi connectivity index (χ4v) is 5.49. The van der Waals surface area contributed by atoms with E-state index in [0.717, 1.165) is 71.8 Å². The van der Waals surface area contributed by atoms with Crippen LogP contribution in [0.5, 0.6) is 0 Å². The van der Waals surface area contributed by atoms with Crippen molar-refractivity contribution in [1.29, 1.82) is 0 Å². The first kappa shape index (κ1) is 22.2. The van der Waals surface area contributed by atoms with Crippen molar-refractivity contribution in [2.75, 3.05) is 37.7 Å². The summed E-state index contributed by atoms with van der Waals surface area (Å²) in [7, 11) is 0. The minimum atomic E-state index is 0.240. The summed E-state index contributed by atoms with van der Waals surface area (Å²) in [6.45, 7) is 10.7. The summed E-state index contributed by atoms with van der Waals surface area (Å²) in [4.78, 5) is 20.2. The van der Waals surface area contributed by atoms with E-state index in [1.54, 1.807) is 0 Å². The third-order valence-electron chi connectivity index (χ3n) is 7.31. The number of anilines is 1. The Morgan fingerprint density at radius 2 is 1.97 bits per heavy atom. The molecule has 0 unspecified atom stereocenters. The van der Waals surface area contributed by atoms with Crippen LogP contribution in [0, 0.1) is 13.8 Å². The van der Waals surface area contributed by atoms with Crippen molar-refractivity contribution in [3.05, 3.63) is 42.0 Å². The predicted molar refractivity (Wildman–Crippen MR) is 137 cm³/mol. The fraction of sp³-hybridized carbons (Fsp3) is 0.462. The van der Waals surface area contributed by atoms with Gasteiger partial charge in [0, 0.05) is 47.2 Å². The number of nitrogens with zero attached hydrogens (tertiary/aromatic N) is 6. The van der Waals surface area contributed by atoms with Crippen LogP contribution in [0.2, 0.25) is 0 Å². The standard InChI is InChI=1S/C26H32N8O/c1-16-15-35-13-12-33(16)23-14-22(24-17(2)32-34(18(24)3)19-4-8-27-9-5-19)30-26(31-23)21-7-11-29-25-20(21)6-10-28-25/h6-7,10-11,14,16,19,27H,4-5,8-9,12-13,15H2,1-3H3,(H,28,29)/t16-/m1/s1. The number of morpholine rings is 1. The van der Waals surface area contributed by atoms with Gasteiger partial charge in [0.25, 0.3) is 0 Å². The van der Waals surface area contributed by atoms with Gasteiger partial charge in [-0.05, 0) is 58.8 Å². The number of nitrogens with one attached hydrogen (secondary N) is 2. The number of hydrogen-bond acceptors (Lipinski definition) is 7. The van der Waals surface area contributed by atoms with Crippen LogP contribution < -0.4 is 10.2 Å². The molecular formula is C26H32N8O. The lowest BCUT2D eigenvalue weighted by molar-refractivity contribution is 0.0985. The molecule has 2 saturated heterocycles. The molecule has 2 aliphatic rings. The summed E-state index contributed by atoms with van der Waals surface area (Å²) in [5, 5.41) is 9.47. The van der Waals surface area contributed by atoms with Crippen LogP contribution in [-0.2, 0) is 4.74 Å². The van der Waals surface area contributed by atoms with E-state index in [9.17, 15) is 0 Å². The lowest BCUT2D eigenvalue weighted by Crippen LogP contribution is -2.44. The van der Waals surface area contributed by atoms with Crippen molar-refractivity contribution in [1.82, 2.24) is 35.0 Å². The van der Waals surface area contributed by atoms with Gasteiger partial charge in [0.15, 0.2) is 5.82 Å². The molecule has 6 rings (SSSR count). The zero-order valence-corrected chi connectivity index (χ0v) is 20.6. The first-order valence-electron chi connectivity index (χ1n) is 12.5. The van der Waals surface area contributed by atoms with Crippen molar-refractivity contribution in [3.8, 4) is 22.6 Å². The van der Waals surface area contributed by atoms with Gasteiger partial charge in [0.1, 0.15) is 11.5 Å². The van der Waals surface area contributed by atoms with Gasteiger partial charge in [-0.1, -0.05) is 0 Å². The zero-order valence-electron chi connectivity index (χ0n) is 20.6. The highest BCUT2D eigenvalue weighted by Gasteiger charge is 2.26. The average Bonchev–Trinajstić information content (AvgIpc) is 3.48. The Balaban J connectivity index is 1.52. The first-order chi connectivity index (χ1) is 17.1. The molecule has 4 aromatic heterocycles. The molecule has 35 heavy (non-hydrogen) atoms. The van der Waals surface area contributed by atoms with Crippen molar-refractivity contribution in [2.24, 2.45) is 0 Å². The summed E-state index contributed by atoms with van der Waals surface area (Å²) in [6, 6.07) is 6.83. The molecule has 0 amide bonds. The minimum Gasteiger partial charge on any atom is -0.377 e. The Hall–Kier alpha value is -3.30. The van der Waals surface area contributed by atoms with E-state index in [4.69, 9.17) is 19.8 Å². The number of H-pyrrole nitrogens is 1. The van der Waals surface area contributed by atoms with Gasteiger partial charge in [-0.2, -0.15) is 5.10 Å². The molecule has 2 N–H and O–H groups in total. The van der Waals surface area contributed by atoms with Gasteiger partial charge in [0.2, 0.25) is 0 Å². The highest BCUT2D eigenvalue weighted by Crippen LogP contribution is 2.34. The quantitative estimate of drug-likeness (QED) is 0.468. The van der Waals surface area contributed by atoms with Gasteiger partial charge in [-0.3, -0.25) is 4.68 Å². The number of hydrogen-bond donors (Lipinski definition) is 2. The SMILES string of the molecule is Cc1nn(C2CCNCC2)c(C)c1-c1cc(N2CCOC[C@H]2C)nc(-c2ccnc3[nH]ccc23)n1. The molecule has 0 aliphatic carbocycles. The number of aromatic nitrogens is 6. The van der Waals surface area contributed by atoms with E-state index in [0.29, 0.717) is 25.1 Å². The maximum atomic E-state index is 5.70. The topological polar surface area (TPSA) is 96.8 Å². The average molecular weight is 473 g/mol. The molecule has 2 aliphatic heterocycles.